The van der Waals surface area contributed by atoms with E-state index in [4.69, 9.17) is 0 Å². The minimum Gasteiger partial charge on any atom is -0.373 e. The van der Waals surface area contributed by atoms with Crippen LogP contribution in [-0.4, -0.2) is 30.9 Å². The topological polar surface area (TPSA) is 70.2 Å². The van der Waals surface area contributed by atoms with Crippen molar-refractivity contribution in [3.8, 4) is 0 Å². The Morgan fingerprint density at radius 2 is 2.10 bits per heavy atom. The van der Waals surface area contributed by atoms with Crippen molar-refractivity contribution in [2.75, 3.05) is 18.4 Å². The molecule has 1 heterocycles. The van der Waals surface area contributed by atoms with Crippen molar-refractivity contribution in [1.29, 1.82) is 0 Å². The predicted molar refractivity (Wildman–Crippen MR) is 78.5 cm³/mol. The van der Waals surface area contributed by atoms with Gasteiger partial charge in [0.1, 0.15) is 6.04 Å². The van der Waals surface area contributed by atoms with Gasteiger partial charge in [-0.3, -0.25) is 9.59 Å². The zero-order valence-electron chi connectivity index (χ0n) is 11.7. The van der Waals surface area contributed by atoms with E-state index in [-0.39, 0.29) is 24.4 Å². The zero-order valence-corrected chi connectivity index (χ0v) is 11.7. The van der Waals surface area contributed by atoms with Crippen molar-refractivity contribution in [3.63, 3.8) is 0 Å². The molecule has 1 unspecified atom stereocenters. The van der Waals surface area contributed by atoms with Crippen LogP contribution in [0.15, 0.2) is 24.3 Å². The maximum absolute atomic E-state index is 12.0. The lowest BCUT2D eigenvalue weighted by Gasteiger charge is -2.26. The molecule has 0 spiro atoms. The average molecular weight is 275 g/mol. The molecule has 0 fully saturated rings. The molecule has 108 valence electrons. The molecule has 20 heavy (non-hydrogen) atoms. The Morgan fingerprint density at radius 3 is 2.90 bits per heavy atom. The third-order valence-corrected chi connectivity index (χ3v) is 3.36. The normalized spacial score (nSPS) is 16.8. The molecule has 0 saturated carbocycles. The molecule has 0 saturated heterocycles. The van der Waals surface area contributed by atoms with Crippen LogP contribution in [0.25, 0.3) is 0 Å². The summed E-state index contributed by atoms with van der Waals surface area (Å²) in [6, 6.07) is 7.73. The molecule has 5 heteroatoms. The maximum Gasteiger partial charge on any atom is 0.242 e. The average Bonchev–Trinajstić information content (AvgIpc) is 2.50. The number of hydrogen-bond donors (Lipinski definition) is 3. The van der Waals surface area contributed by atoms with Crippen molar-refractivity contribution < 1.29 is 9.59 Å². The molecule has 0 aromatic heterocycles. The fraction of sp³-hybridized carbons (Fsp3) is 0.467. The van der Waals surface area contributed by atoms with Gasteiger partial charge in [0.2, 0.25) is 11.8 Å². The van der Waals surface area contributed by atoms with Crippen LogP contribution in [0.2, 0.25) is 0 Å². The second-order valence-electron chi connectivity index (χ2n) is 4.96. The fourth-order valence-electron chi connectivity index (χ4n) is 2.25. The summed E-state index contributed by atoms with van der Waals surface area (Å²) in [4.78, 5) is 23.5. The van der Waals surface area contributed by atoms with Crippen molar-refractivity contribution in [1.82, 2.24) is 10.6 Å². The maximum atomic E-state index is 12.0. The molecular weight excluding hydrogens is 254 g/mol. The molecule has 1 aromatic carbocycles. The molecule has 0 aliphatic carbocycles. The van der Waals surface area contributed by atoms with Gasteiger partial charge in [-0.05, 0) is 30.9 Å². The number of anilines is 1. The first kappa shape index (κ1) is 14.4. The van der Waals surface area contributed by atoms with Crippen LogP contribution in [-0.2, 0) is 16.0 Å². The van der Waals surface area contributed by atoms with E-state index in [1.165, 1.54) is 5.56 Å². The van der Waals surface area contributed by atoms with E-state index in [9.17, 15) is 9.59 Å². The van der Waals surface area contributed by atoms with E-state index in [1.54, 1.807) is 0 Å². The molecule has 5 nitrogen and oxygen atoms in total. The van der Waals surface area contributed by atoms with Gasteiger partial charge in [0.15, 0.2) is 0 Å². The molecule has 0 radical (unpaired) electrons. The fourth-order valence-corrected chi connectivity index (χ4v) is 2.25. The summed E-state index contributed by atoms with van der Waals surface area (Å²) in [5.41, 5.74) is 2.24. The highest BCUT2D eigenvalue weighted by Gasteiger charge is 2.23. The van der Waals surface area contributed by atoms with E-state index in [0.717, 1.165) is 24.9 Å². The Kier molecular flexibility index (Phi) is 4.98. The summed E-state index contributed by atoms with van der Waals surface area (Å²) >= 11 is 0. The first-order valence-corrected chi connectivity index (χ1v) is 7.09. The smallest absolute Gasteiger partial charge is 0.242 e. The van der Waals surface area contributed by atoms with Gasteiger partial charge in [-0.25, -0.2) is 0 Å². The van der Waals surface area contributed by atoms with Crippen LogP contribution < -0.4 is 16.0 Å². The second-order valence-corrected chi connectivity index (χ2v) is 4.96. The van der Waals surface area contributed by atoms with Crippen LogP contribution in [0.3, 0.4) is 0 Å². The molecule has 2 rings (SSSR count). The lowest BCUT2D eigenvalue weighted by atomic mass is 9.98. The summed E-state index contributed by atoms with van der Waals surface area (Å²) in [5.74, 6) is -0.262. The third-order valence-electron chi connectivity index (χ3n) is 3.36. The minimum absolute atomic E-state index is 0.0403. The number of amides is 2. The molecule has 1 aromatic rings. The standard InChI is InChI=1S/C15H21N3O2/c1-2-9-16-14(19)10-17-15(20)13-8-7-11-5-3-4-6-12(11)18-13/h3-6,13,18H,2,7-10H2,1H3,(H,16,19)(H,17,20). The van der Waals surface area contributed by atoms with Gasteiger partial charge in [0.25, 0.3) is 0 Å². The van der Waals surface area contributed by atoms with Gasteiger partial charge in [-0.15, -0.1) is 0 Å². The SMILES string of the molecule is CCCNC(=O)CNC(=O)C1CCc2ccccc2N1. The number of carbonyl (C=O) groups is 2. The number of benzene rings is 1. The number of carbonyl (C=O) groups excluding carboxylic acids is 2. The van der Waals surface area contributed by atoms with E-state index in [0.29, 0.717) is 6.54 Å². The van der Waals surface area contributed by atoms with Gasteiger partial charge in [-0.1, -0.05) is 25.1 Å². The van der Waals surface area contributed by atoms with E-state index >= 15 is 0 Å². The van der Waals surface area contributed by atoms with Crippen LogP contribution in [0.4, 0.5) is 5.69 Å². The minimum atomic E-state index is -0.260. The lowest BCUT2D eigenvalue weighted by molar-refractivity contribution is -0.126. The zero-order chi connectivity index (χ0) is 14.4. The number of hydrogen-bond acceptors (Lipinski definition) is 3. The van der Waals surface area contributed by atoms with Gasteiger partial charge in [0.05, 0.1) is 6.54 Å². The number of para-hydroxylation sites is 1. The Hall–Kier alpha value is -2.04. The van der Waals surface area contributed by atoms with Gasteiger partial charge >= 0.3 is 0 Å². The van der Waals surface area contributed by atoms with Gasteiger partial charge < -0.3 is 16.0 Å². The molecule has 0 bridgehead atoms. The summed E-state index contributed by atoms with van der Waals surface area (Å²) in [7, 11) is 0. The van der Waals surface area contributed by atoms with Gasteiger partial charge in [-0.2, -0.15) is 0 Å². The Bertz CT molecular complexity index is 488. The molecule has 1 aliphatic rings. The summed E-state index contributed by atoms with van der Waals surface area (Å²) in [5, 5.41) is 8.63. The first-order chi connectivity index (χ1) is 9.70. The number of nitrogens with one attached hydrogen (secondary N) is 3. The van der Waals surface area contributed by atoms with Crippen molar-refractivity contribution in [3.05, 3.63) is 29.8 Å². The Balaban J connectivity index is 1.81. The third kappa shape index (κ3) is 3.73. The quantitative estimate of drug-likeness (QED) is 0.752. The Morgan fingerprint density at radius 1 is 1.30 bits per heavy atom. The van der Waals surface area contributed by atoms with E-state index in [1.807, 2.05) is 25.1 Å². The Labute approximate surface area is 119 Å². The van der Waals surface area contributed by atoms with E-state index < -0.39 is 0 Å². The summed E-state index contributed by atoms with van der Waals surface area (Å²) < 4.78 is 0. The first-order valence-electron chi connectivity index (χ1n) is 7.09. The molecular formula is C15H21N3O2. The monoisotopic (exact) mass is 275 g/mol. The number of rotatable bonds is 5. The summed E-state index contributed by atoms with van der Waals surface area (Å²) in [6.07, 6.45) is 2.52. The van der Waals surface area contributed by atoms with Crippen molar-refractivity contribution in [2.45, 2.75) is 32.2 Å². The molecule has 1 aliphatic heterocycles. The van der Waals surface area contributed by atoms with Crippen molar-refractivity contribution >= 4 is 17.5 Å². The number of aryl methyl sites for hydroxylation is 1. The summed E-state index contributed by atoms with van der Waals surface area (Å²) in [6.45, 7) is 2.67. The largest absolute Gasteiger partial charge is 0.373 e. The van der Waals surface area contributed by atoms with Crippen LogP contribution >= 0.6 is 0 Å². The highest BCUT2D eigenvalue weighted by Crippen LogP contribution is 2.24. The molecule has 2 amide bonds. The van der Waals surface area contributed by atoms with Crippen molar-refractivity contribution in [2.24, 2.45) is 0 Å². The van der Waals surface area contributed by atoms with Crippen LogP contribution in [0.1, 0.15) is 25.3 Å². The van der Waals surface area contributed by atoms with Crippen LogP contribution in [0.5, 0.6) is 0 Å². The molecule has 3 N–H and O–H groups in total. The second kappa shape index (κ2) is 6.93. The highest BCUT2D eigenvalue weighted by atomic mass is 16.2. The molecule has 1 atom stereocenters. The lowest BCUT2D eigenvalue weighted by Crippen LogP contribution is -2.45. The van der Waals surface area contributed by atoms with Gasteiger partial charge in [0, 0.05) is 12.2 Å². The highest BCUT2D eigenvalue weighted by molar-refractivity contribution is 5.89. The number of fused-ring (bicyclic) bond motifs is 1. The van der Waals surface area contributed by atoms with Crippen LogP contribution in [0, 0.1) is 0 Å². The van der Waals surface area contributed by atoms with E-state index in [2.05, 4.69) is 22.0 Å². The predicted octanol–water partition coefficient (Wildman–Crippen LogP) is 1.06.